The van der Waals surface area contributed by atoms with Crippen LogP contribution in [0.25, 0.3) is 0 Å². The second-order valence-corrected chi connectivity index (χ2v) is 6.47. The third kappa shape index (κ3) is 3.16. The number of carbonyl (C=O) groups excluding carboxylic acids is 1. The molecule has 2 fully saturated rings. The maximum Gasteiger partial charge on any atom is 0.225 e. The fourth-order valence-corrected chi connectivity index (χ4v) is 3.92. The van der Waals surface area contributed by atoms with Gasteiger partial charge in [0.2, 0.25) is 5.91 Å². The highest BCUT2D eigenvalue weighted by Gasteiger charge is 2.48. The molecular formula is C16H21ClN2O2. The van der Waals surface area contributed by atoms with Gasteiger partial charge < -0.3 is 15.8 Å². The third-order valence-electron chi connectivity index (χ3n) is 4.75. The predicted molar refractivity (Wildman–Crippen MR) is 82.3 cm³/mol. The Morgan fingerprint density at radius 2 is 2.19 bits per heavy atom. The first-order valence-electron chi connectivity index (χ1n) is 7.57. The van der Waals surface area contributed by atoms with E-state index >= 15 is 0 Å². The van der Waals surface area contributed by atoms with E-state index < -0.39 is 0 Å². The lowest BCUT2D eigenvalue weighted by Crippen LogP contribution is -2.46. The van der Waals surface area contributed by atoms with Crippen LogP contribution < -0.4 is 15.8 Å². The SMILES string of the molecule is NC1C2CCC(C2)C1C(=O)NCCOc1cccc(Cl)c1. The molecule has 2 bridgehead atoms. The van der Waals surface area contributed by atoms with E-state index in [9.17, 15) is 4.79 Å². The number of halogens is 1. The van der Waals surface area contributed by atoms with Crippen LogP contribution in [0.2, 0.25) is 5.02 Å². The first-order valence-corrected chi connectivity index (χ1v) is 7.94. The van der Waals surface area contributed by atoms with Crippen molar-refractivity contribution in [2.24, 2.45) is 23.5 Å². The number of hydrogen-bond donors (Lipinski definition) is 2. The standard InChI is InChI=1S/C16H21ClN2O2/c17-12-2-1-3-13(9-12)21-7-6-19-16(20)14-10-4-5-11(8-10)15(14)18/h1-3,9-11,14-15H,4-8,18H2,(H,19,20). The zero-order valence-electron chi connectivity index (χ0n) is 11.9. The van der Waals surface area contributed by atoms with E-state index in [0.29, 0.717) is 35.8 Å². The number of fused-ring (bicyclic) bond motifs is 2. The summed E-state index contributed by atoms with van der Waals surface area (Å²) in [6.07, 6.45) is 3.46. The predicted octanol–water partition coefficient (Wildman–Crippen LogP) is 2.21. The second kappa shape index (κ2) is 6.24. The lowest BCUT2D eigenvalue weighted by Gasteiger charge is -2.27. The maximum absolute atomic E-state index is 12.2. The molecule has 0 heterocycles. The number of ether oxygens (including phenoxy) is 1. The van der Waals surface area contributed by atoms with Gasteiger partial charge in [-0.2, -0.15) is 0 Å². The fourth-order valence-electron chi connectivity index (χ4n) is 3.74. The lowest BCUT2D eigenvalue weighted by atomic mass is 9.84. The summed E-state index contributed by atoms with van der Waals surface area (Å²) in [4.78, 5) is 12.2. The summed E-state index contributed by atoms with van der Waals surface area (Å²) in [5.74, 6) is 1.83. The fraction of sp³-hybridized carbons (Fsp3) is 0.562. The molecule has 1 aromatic rings. The Bertz CT molecular complexity index is 521. The van der Waals surface area contributed by atoms with Crippen molar-refractivity contribution in [2.45, 2.75) is 25.3 Å². The van der Waals surface area contributed by atoms with Crippen molar-refractivity contribution in [1.29, 1.82) is 0 Å². The number of benzene rings is 1. The van der Waals surface area contributed by atoms with Gasteiger partial charge in [-0.25, -0.2) is 0 Å². The van der Waals surface area contributed by atoms with Gasteiger partial charge in [-0.05, 0) is 49.3 Å². The van der Waals surface area contributed by atoms with Gasteiger partial charge in [0, 0.05) is 11.1 Å². The first-order chi connectivity index (χ1) is 10.1. The van der Waals surface area contributed by atoms with Gasteiger partial charge in [-0.3, -0.25) is 4.79 Å². The normalized spacial score (nSPS) is 30.4. The smallest absolute Gasteiger partial charge is 0.225 e. The molecule has 114 valence electrons. The molecular weight excluding hydrogens is 288 g/mol. The minimum Gasteiger partial charge on any atom is -0.492 e. The van der Waals surface area contributed by atoms with Gasteiger partial charge in [0.25, 0.3) is 0 Å². The van der Waals surface area contributed by atoms with Crippen LogP contribution in [0, 0.1) is 17.8 Å². The molecule has 3 N–H and O–H groups in total. The van der Waals surface area contributed by atoms with Crippen LogP contribution in [0.1, 0.15) is 19.3 Å². The Labute approximate surface area is 130 Å². The van der Waals surface area contributed by atoms with E-state index in [0.717, 1.165) is 12.8 Å². The van der Waals surface area contributed by atoms with E-state index in [1.807, 2.05) is 12.1 Å². The maximum atomic E-state index is 12.2. The number of nitrogens with one attached hydrogen (secondary N) is 1. The van der Waals surface area contributed by atoms with Crippen molar-refractivity contribution in [3.05, 3.63) is 29.3 Å². The van der Waals surface area contributed by atoms with Crippen LogP contribution in [-0.4, -0.2) is 25.1 Å². The summed E-state index contributed by atoms with van der Waals surface area (Å²) < 4.78 is 5.56. The van der Waals surface area contributed by atoms with E-state index in [2.05, 4.69) is 5.32 Å². The second-order valence-electron chi connectivity index (χ2n) is 6.03. The monoisotopic (exact) mass is 308 g/mol. The minimum absolute atomic E-state index is 0.00470. The molecule has 0 saturated heterocycles. The molecule has 2 saturated carbocycles. The molecule has 21 heavy (non-hydrogen) atoms. The average molecular weight is 309 g/mol. The topological polar surface area (TPSA) is 64.4 Å². The molecule has 0 aliphatic heterocycles. The largest absolute Gasteiger partial charge is 0.492 e. The molecule has 0 aromatic heterocycles. The zero-order chi connectivity index (χ0) is 14.8. The van der Waals surface area contributed by atoms with E-state index in [-0.39, 0.29) is 17.9 Å². The summed E-state index contributed by atoms with van der Waals surface area (Å²) >= 11 is 5.88. The number of rotatable bonds is 5. The molecule has 5 heteroatoms. The zero-order valence-corrected chi connectivity index (χ0v) is 12.7. The van der Waals surface area contributed by atoms with Crippen LogP contribution in [-0.2, 0) is 4.79 Å². The van der Waals surface area contributed by atoms with Gasteiger partial charge in [-0.15, -0.1) is 0 Å². The van der Waals surface area contributed by atoms with Crippen molar-refractivity contribution in [3.63, 3.8) is 0 Å². The van der Waals surface area contributed by atoms with Gasteiger partial charge in [0.1, 0.15) is 12.4 Å². The molecule has 4 atom stereocenters. The first kappa shape index (κ1) is 14.7. The molecule has 2 aliphatic rings. The molecule has 0 spiro atoms. The van der Waals surface area contributed by atoms with Gasteiger partial charge in [-0.1, -0.05) is 17.7 Å². The van der Waals surface area contributed by atoms with E-state index in [1.54, 1.807) is 12.1 Å². The Balaban J connectivity index is 1.42. The molecule has 0 radical (unpaired) electrons. The lowest BCUT2D eigenvalue weighted by molar-refractivity contribution is -0.127. The summed E-state index contributed by atoms with van der Waals surface area (Å²) in [6, 6.07) is 7.28. The molecule has 4 unspecified atom stereocenters. The number of amides is 1. The number of carbonyl (C=O) groups is 1. The number of nitrogens with two attached hydrogens (primary N) is 1. The Morgan fingerprint density at radius 1 is 1.38 bits per heavy atom. The van der Waals surface area contributed by atoms with E-state index in [4.69, 9.17) is 22.1 Å². The summed E-state index contributed by atoms with van der Waals surface area (Å²) in [5, 5.41) is 3.59. The highest BCUT2D eigenvalue weighted by atomic mass is 35.5. The van der Waals surface area contributed by atoms with Crippen molar-refractivity contribution < 1.29 is 9.53 Å². The molecule has 4 nitrogen and oxygen atoms in total. The Morgan fingerprint density at radius 3 is 2.90 bits per heavy atom. The number of hydrogen-bond acceptors (Lipinski definition) is 3. The van der Waals surface area contributed by atoms with Crippen molar-refractivity contribution in [1.82, 2.24) is 5.32 Å². The van der Waals surface area contributed by atoms with Crippen LogP contribution >= 0.6 is 11.6 Å². The van der Waals surface area contributed by atoms with Gasteiger partial charge in [0.05, 0.1) is 12.5 Å². The third-order valence-corrected chi connectivity index (χ3v) is 4.98. The van der Waals surface area contributed by atoms with Crippen molar-refractivity contribution >= 4 is 17.5 Å². The van der Waals surface area contributed by atoms with Crippen LogP contribution in [0.4, 0.5) is 0 Å². The highest BCUT2D eigenvalue weighted by molar-refractivity contribution is 6.30. The summed E-state index contributed by atoms with van der Waals surface area (Å²) in [6.45, 7) is 0.925. The minimum atomic E-state index is -0.00470. The average Bonchev–Trinajstić information content (AvgIpc) is 3.04. The quantitative estimate of drug-likeness (QED) is 0.820. The Kier molecular flexibility index (Phi) is 4.36. The van der Waals surface area contributed by atoms with Crippen molar-refractivity contribution in [2.75, 3.05) is 13.2 Å². The Hall–Kier alpha value is -1.26. The van der Waals surface area contributed by atoms with Gasteiger partial charge in [0.15, 0.2) is 0 Å². The van der Waals surface area contributed by atoms with Crippen LogP contribution in [0.3, 0.4) is 0 Å². The molecule has 1 amide bonds. The highest BCUT2D eigenvalue weighted by Crippen LogP contribution is 2.47. The summed E-state index contributed by atoms with van der Waals surface area (Å²) in [5.41, 5.74) is 6.17. The van der Waals surface area contributed by atoms with Gasteiger partial charge >= 0.3 is 0 Å². The summed E-state index contributed by atoms with van der Waals surface area (Å²) in [7, 11) is 0. The molecule has 3 rings (SSSR count). The van der Waals surface area contributed by atoms with Crippen molar-refractivity contribution in [3.8, 4) is 5.75 Å². The molecule has 2 aliphatic carbocycles. The van der Waals surface area contributed by atoms with Crippen LogP contribution in [0.5, 0.6) is 5.75 Å². The van der Waals surface area contributed by atoms with E-state index in [1.165, 1.54) is 6.42 Å². The molecule has 1 aromatic carbocycles. The van der Waals surface area contributed by atoms with Crippen LogP contribution in [0.15, 0.2) is 24.3 Å².